The minimum Gasteiger partial charge on any atom is -0.309 e. The molecule has 300 valence electrons. The van der Waals surface area contributed by atoms with Gasteiger partial charge in [0, 0.05) is 49.4 Å². The molecule has 0 aliphatic carbocycles. The molecule has 3 aromatic heterocycles. The molecule has 3 heterocycles. The van der Waals surface area contributed by atoms with Gasteiger partial charge in [0.1, 0.15) is 0 Å². The largest absolute Gasteiger partial charge is 0.309 e. The molecule has 0 aliphatic rings. The van der Waals surface area contributed by atoms with E-state index in [9.17, 15) is 0 Å². The van der Waals surface area contributed by atoms with E-state index in [0.717, 1.165) is 17.1 Å². The maximum atomic E-state index is 2.48. The maximum Gasteiger partial charge on any atom is 0.180 e. The van der Waals surface area contributed by atoms with E-state index in [4.69, 9.17) is 0 Å². The lowest BCUT2D eigenvalue weighted by Crippen LogP contribution is -2.74. The molecule has 64 heavy (non-hydrogen) atoms. The summed E-state index contributed by atoms with van der Waals surface area (Å²) in [6, 6.07) is 92.3. The summed E-state index contributed by atoms with van der Waals surface area (Å²) in [5.74, 6) is 0. The maximum absolute atomic E-state index is 3.01. The van der Waals surface area contributed by atoms with Crippen LogP contribution in [0.1, 0.15) is 0 Å². The number of para-hydroxylation sites is 5. The number of hydrogen-bond donors (Lipinski definition) is 0. The summed E-state index contributed by atoms with van der Waals surface area (Å²) in [6.07, 6.45) is 0. The van der Waals surface area contributed by atoms with E-state index in [1.54, 1.807) is 0 Å². The highest BCUT2D eigenvalue weighted by Crippen LogP contribution is 2.40. The Labute approximate surface area is 372 Å². The molecule has 13 rings (SSSR count). The molecule has 13 aromatic rings. The third-order valence-corrected chi connectivity index (χ3v) is 18.4. The first-order valence-corrected chi connectivity index (χ1v) is 24.1. The topological polar surface area (TPSA) is 14.8 Å². The SMILES string of the molecule is c1ccc(-n2c3ccccc3c3cc4c5ccccc5n(-c5ccc([Si](c6ccccc6)(c6ccccc6)c6cccc7c6c6ccccc6n7-c6ccccc6)cc5)c4cc32)cc1. The van der Waals surface area contributed by atoms with E-state index >= 15 is 0 Å². The molecule has 3 nitrogen and oxygen atoms in total. The number of fused-ring (bicyclic) bond motifs is 9. The van der Waals surface area contributed by atoms with Gasteiger partial charge in [-0.15, -0.1) is 0 Å². The van der Waals surface area contributed by atoms with Crippen molar-refractivity contribution < 1.29 is 0 Å². The molecule has 0 atom stereocenters. The number of aromatic nitrogens is 3. The summed E-state index contributed by atoms with van der Waals surface area (Å²) in [6.45, 7) is 0. The van der Waals surface area contributed by atoms with Crippen molar-refractivity contribution >= 4 is 94.2 Å². The normalized spacial score (nSPS) is 12.1. The van der Waals surface area contributed by atoms with Gasteiger partial charge in [0.25, 0.3) is 0 Å². The number of benzene rings is 10. The van der Waals surface area contributed by atoms with Crippen LogP contribution in [0.3, 0.4) is 0 Å². The molecule has 4 heteroatoms. The van der Waals surface area contributed by atoms with Crippen LogP contribution in [-0.2, 0) is 0 Å². The lowest BCUT2D eigenvalue weighted by Gasteiger charge is -2.35. The van der Waals surface area contributed by atoms with Crippen LogP contribution < -0.4 is 20.7 Å². The van der Waals surface area contributed by atoms with Gasteiger partial charge in [-0.2, -0.15) is 0 Å². The molecule has 0 aliphatic heterocycles. The quantitative estimate of drug-likeness (QED) is 0.112. The Morgan fingerprint density at radius 2 is 0.609 bits per heavy atom. The molecule has 10 aromatic carbocycles. The second-order valence-electron chi connectivity index (χ2n) is 16.8. The minimum atomic E-state index is -3.01. The first-order valence-electron chi connectivity index (χ1n) is 22.1. The zero-order chi connectivity index (χ0) is 42.2. The summed E-state index contributed by atoms with van der Waals surface area (Å²) in [5.41, 5.74) is 10.7. The van der Waals surface area contributed by atoms with Crippen molar-refractivity contribution in [3.8, 4) is 17.1 Å². The van der Waals surface area contributed by atoms with E-state index in [1.165, 1.54) is 86.2 Å². The van der Waals surface area contributed by atoms with Crippen molar-refractivity contribution in [1.29, 1.82) is 0 Å². The summed E-state index contributed by atoms with van der Waals surface area (Å²) in [5, 5.41) is 13.0. The summed E-state index contributed by atoms with van der Waals surface area (Å²) < 4.78 is 7.34. The number of rotatable bonds is 7. The molecule has 0 saturated heterocycles. The second-order valence-corrected chi connectivity index (χ2v) is 20.6. The predicted octanol–water partition coefficient (Wildman–Crippen LogP) is 12.4. The van der Waals surface area contributed by atoms with Gasteiger partial charge in [0.05, 0.1) is 33.1 Å². The van der Waals surface area contributed by atoms with Crippen LogP contribution >= 0.6 is 0 Å². The van der Waals surface area contributed by atoms with Crippen LogP contribution in [0.5, 0.6) is 0 Å². The fraction of sp³-hybridized carbons (Fsp3) is 0. The highest BCUT2D eigenvalue weighted by Gasteiger charge is 2.43. The minimum absolute atomic E-state index is 1.14. The van der Waals surface area contributed by atoms with Gasteiger partial charge in [0.2, 0.25) is 0 Å². The lowest BCUT2D eigenvalue weighted by atomic mass is 10.1. The molecular formula is C60H41N3Si. The summed E-state index contributed by atoms with van der Waals surface area (Å²) >= 11 is 0. The molecule has 0 bridgehead atoms. The molecule has 0 unspecified atom stereocenters. The Hall–Kier alpha value is -8.18. The molecule has 0 radical (unpaired) electrons. The lowest BCUT2D eigenvalue weighted by molar-refractivity contribution is 1.17. The number of nitrogens with zero attached hydrogens (tertiary/aromatic N) is 3. The first kappa shape index (κ1) is 36.5. The van der Waals surface area contributed by atoms with Gasteiger partial charge < -0.3 is 13.7 Å². The Morgan fingerprint density at radius 1 is 0.234 bits per heavy atom. The fourth-order valence-corrected chi connectivity index (χ4v) is 15.9. The summed E-state index contributed by atoms with van der Waals surface area (Å²) in [7, 11) is -3.01. The van der Waals surface area contributed by atoms with Gasteiger partial charge in [-0.05, 0) is 93.5 Å². The van der Waals surface area contributed by atoms with Gasteiger partial charge in [-0.25, -0.2) is 0 Å². The summed E-state index contributed by atoms with van der Waals surface area (Å²) in [4.78, 5) is 0. The Kier molecular flexibility index (Phi) is 8.23. The van der Waals surface area contributed by atoms with Crippen molar-refractivity contribution in [2.24, 2.45) is 0 Å². The smallest absolute Gasteiger partial charge is 0.180 e. The highest BCUT2D eigenvalue weighted by molar-refractivity contribution is 7.20. The highest BCUT2D eigenvalue weighted by atomic mass is 28.3. The first-order chi connectivity index (χ1) is 31.8. The Balaban J connectivity index is 1.09. The van der Waals surface area contributed by atoms with Crippen molar-refractivity contribution in [2.45, 2.75) is 0 Å². The van der Waals surface area contributed by atoms with Crippen LogP contribution in [0, 0.1) is 0 Å². The van der Waals surface area contributed by atoms with Crippen molar-refractivity contribution in [1.82, 2.24) is 13.7 Å². The zero-order valence-corrected chi connectivity index (χ0v) is 36.0. The van der Waals surface area contributed by atoms with Crippen LogP contribution in [0.25, 0.3) is 82.5 Å². The van der Waals surface area contributed by atoms with E-state index in [1.807, 2.05) is 0 Å². The molecule has 0 saturated carbocycles. The average Bonchev–Trinajstić information content (AvgIpc) is 4.00. The Bertz CT molecular complexity index is 3830. The number of hydrogen-bond acceptors (Lipinski definition) is 0. The van der Waals surface area contributed by atoms with Gasteiger partial charge in [-0.1, -0.05) is 176 Å². The standard InChI is InChI=1S/C60H41N3Si/c1-5-20-42(21-6-1)61-55-33-18-15-30-50(55)60-56(61)34-19-35-59(60)64(45-24-9-3-10-25-45,46-26-11-4-12-27-46)47-38-36-44(37-39-47)63-54-32-17-14-29-49(54)52-40-51-48-28-13-16-31-53(48)62(57(51)41-58(52)63)43-22-7-2-8-23-43/h1-41H. The molecule has 0 amide bonds. The van der Waals surface area contributed by atoms with Gasteiger partial charge in [0.15, 0.2) is 8.07 Å². The van der Waals surface area contributed by atoms with Gasteiger partial charge in [-0.3, -0.25) is 0 Å². The second kappa shape index (κ2) is 14.5. The monoisotopic (exact) mass is 831 g/mol. The zero-order valence-electron chi connectivity index (χ0n) is 35.0. The van der Waals surface area contributed by atoms with Crippen molar-refractivity contribution in [3.63, 3.8) is 0 Å². The van der Waals surface area contributed by atoms with E-state index in [0.29, 0.717) is 0 Å². The van der Waals surface area contributed by atoms with Crippen molar-refractivity contribution in [2.75, 3.05) is 0 Å². The van der Waals surface area contributed by atoms with E-state index in [-0.39, 0.29) is 0 Å². The van der Waals surface area contributed by atoms with Crippen LogP contribution in [0.15, 0.2) is 249 Å². The molecule has 0 spiro atoms. The fourth-order valence-electron chi connectivity index (χ4n) is 11.0. The van der Waals surface area contributed by atoms with Crippen LogP contribution in [-0.4, -0.2) is 21.8 Å². The third kappa shape index (κ3) is 5.27. The van der Waals surface area contributed by atoms with Crippen LogP contribution in [0.4, 0.5) is 0 Å². The van der Waals surface area contributed by atoms with Crippen LogP contribution in [0.2, 0.25) is 0 Å². The average molecular weight is 832 g/mol. The molecular weight excluding hydrogens is 791 g/mol. The third-order valence-electron chi connectivity index (χ3n) is 13.6. The van der Waals surface area contributed by atoms with E-state index < -0.39 is 8.07 Å². The van der Waals surface area contributed by atoms with Gasteiger partial charge >= 0.3 is 0 Å². The predicted molar refractivity (Wildman–Crippen MR) is 273 cm³/mol. The molecule has 0 fully saturated rings. The molecule has 0 N–H and O–H groups in total. The Morgan fingerprint density at radius 3 is 1.12 bits per heavy atom. The van der Waals surface area contributed by atoms with Crippen molar-refractivity contribution in [3.05, 3.63) is 249 Å². The van der Waals surface area contributed by atoms with E-state index in [2.05, 4.69) is 262 Å².